The normalized spacial score (nSPS) is 25.6. The second-order valence-electron chi connectivity index (χ2n) is 5.17. The van der Waals surface area contributed by atoms with Crippen molar-refractivity contribution in [1.29, 1.82) is 0 Å². The largest absolute Gasteiger partial charge is 0.465 e. The Bertz CT molecular complexity index is 295. The molecule has 1 aliphatic heterocycles. The molecule has 5 nitrogen and oxygen atoms in total. The molecule has 0 radical (unpaired) electrons. The van der Waals surface area contributed by atoms with Crippen molar-refractivity contribution in [3.8, 4) is 0 Å². The van der Waals surface area contributed by atoms with Crippen molar-refractivity contribution >= 4 is 12.1 Å². The van der Waals surface area contributed by atoms with Gasteiger partial charge in [-0.05, 0) is 40.5 Å². The first-order chi connectivity index (χ1) is 7.22. The highest BCUT2D eigenvalue weighted by molar-refractivity contribution is 5.82. The lowest BCUT2D eigenvalue weighted by Crippen LogP contribution is -2.45. The Kier molecular flexibility index (Phi) is 3.45. The Morgan fingerprint density at radius 2 is 1.88 bits per heavy atom. The Balaban J connectivity index is 2.73. The molecule has 16 heavy (non-hydrogen) atoms. The fraction of sp³-hybridized carbons (Fsp3) is 0.818. The molecule has 1 amide bonds. The minimum Gasteiger partial charge on any atom is -0.465 e. The van der Waals surface area contributed by atoms with E-state index in [0.717, 1.165) is 0 Å². The van der Waals surface area contributed by atoms with Crippen LogP contribution in [0.4, 0.5) is 4.79 Å². The molecule has 0 aromatic carbocycles. The predicted molar refractivity (Wildman–Crippen MR) is 58.2 cm³/mol. The van der Waals surface area contributed by atoms with E-state index >= 15 is 0 Å². The standard InChI is InChI=1S/C11H19NO4/c1-7-5-6-8(12(7)10(14)15)9(13)16-11(2,3)4/h7-8H,5-6H2,1-4H3,(H,14,15). The molecule has 5 heteroatoms. The molecule has 1 N–H and O–H groups in total. The van der Waals surface area contributed by atoms with Gasteiger partial charge in [0.25, 0.3) is 0 Å². The molecular weight excluding hydrogens is 210 g/mol. The summed E-state index contributed by atoms with van der Waals surface area (Å²) in [4.78, 5) is 24.0. The van der Waals surface area contributed by atoms with Crippen LogP contribution >= 0.6 is 0 Å². The molecular formula is C11H19NO4. The summed E-state index contributed by atoms with van der Waals surface area (Å²) in [5, 5.41) is 9.02. The van der Waals surface area contributed by atoms with E-state index in [1.165, 1.54) is 4.90 Å². The fourth-order valence-electron chi connectivity index (χ4n) is 1.91. The highest BCUT2D eigenvalue weighted by Gasteiger charge is 2.40. The summed E-state index contributed by atoms with van der Waals surface area (Å²) in [6, 6.07) is -0.762. The highest BCUT2D eigenvalue weighted by Crippen LogP contribution is 2.26. The molecule has 0 spiro atoms. The molecule has 1 aliphatic rings. The van der Waals surface area contributed by atoms with Crippen LogP contribution in [-0.2, 0) is 9.53 Å². The molecule has 1 heterocycles. The zero-order chi connectivity index (χ0) is 12.5. The van der Waals surface area contributed by atoms with Crippen molar-refractivity contribution in [2.24, 2.45) is 0 Å². The first kappa shape index (κ1) is 12.8. The minimum absolute atomic E-state index is 0.116. The van der Waals surface area contributed by atoms with Crippen molar-refractivity contribution < 1.29 is 19.4 Å². The van der Waals surface area contributed by atoms with Crippen LogP contribution in [0.1, 0.15) is 40.5 Å². The van der Waals surface area contributed by atoms with Crippen molar-refractivity contribution in [2.75, 3.05) is 0 Å². The molecule has 92 valence electrons. The molecule has 0 bridgehead atoms. The number of carboxylic acid groups (broad SMARTS) is 1. The second kappa shape index (κ2) is 4.31. The van der Waals surface area contributed by atoms with E-state index in [1.54, 1.807) is 27.7 Å². The third kappa shape index (κ3) is 2.87. The zero-order valence-corrected chi connectivity index (χ0v) is 10.2. The summed E-state index contributed by atoms with van der Waals surface area (Å²) in [5.74, 6) is -0.445. The molecule has 1 rings (SSSR count). The van der Waals surface area contributed by atoms with Crippen LogP contribution in [0, 0.1) is 0 Å². The molecule has 2 atom stereocenters. The number of likely N-dealkylation sites (tertiary alicyclic amines) is 1. The number of esters is 1. The highest BCUT2D eigenvalue weighted by atomic mass is 16.6. The third-order valence-corrected chi connectivity index (χ3v) is 2.57. The van der Waals surface area contributed by atoms with Gasteiger partial charge < -0.3 is 9.84 Å². The maximum absolute atomic E-state index is 11.8. The zero-order valence-electron chi connectivity index (χ0n) is 10.2. The summed E-state index contributed by atoms with van der Waals surface area (Å²) in [6.45, 7) is 7.12. The van der Waals surface area contributed by atoms with Crippen LogP contribution in [0.15, 0.2) is 0 Å². The Hall–Kier alpha value is -1.26. The smallest absolute Gasteiger partial charge is 0.408 e. The average molecular weight is 229 g/mol. The molecule has 0 aromatic heterocycles. The lowest BCUT2D eigenvalue weighted by Gasteiger charge is -2.27. The van der Waals surface area contributed by atoms with E-state index < -0.39 is 23.7 Å². The van der Waals surface area contributed by atoms with Crippen LogP contribution in [0.2, 0.25) is 0 Å². The van der Waals surface area contributed by atoms with Gasteiger partial charge in [-0.15, -0.1) is 0 Å². The van der Waals surface area contributed by atoms with Crippen LogP contribution in [0.25, 0.3) is 0 Å². The van der Waals surface area contributed by atoms with E-state index in [9.17, 15) is 9.59 Å². The number of carbonyl (C=O) groups is 2. The number of ether oxygens (including phenoxy) is 1. The van der Waals surface area contributed by atoms with Gasteiger partial charge in [0.15, 0.2) is 0 Å². The molecule has 1 saturated heterocycles. The average Bonchev–Trinajstić information content (AvgIpc) is 2.43. The van der Waals surface area contributed by atoms with Gasteiger partial charge in [0.2, 0.25) is 0 Å². The monoisotopic (exact) mass is 229 g/mol. The first-order valence-corrected chi connectivity index (χ1v) is 5.46. The topological polar surface area (TPSA) is 66.8 Å². The third-order valence-electron chi connectivity index (χ3n) is 2.57. The van der Waals surface area contributed by atoms with Crippen LogP contribution in [0.3, 0.4) is 0 Å². The summed E-state index contributed by atoms with van der Waals surface area (Å²) < 4.78 is 5.21. The van der Waals surface area contributed by atoms with Crippen molar-refractivity contribution in [3.63, 3.8) is 0 Å². The maximum atomic E-state index is 11.8. The fourth-order valence-corrected chi connectivity index (χ4v) is 1.91. The number of rotatable bonds is 1. The summed E-state index contributed by atoms with van der Waals surface area (Å²) in [7, 11) is 0. The molecule has 2 unspecified atom stereocenters. The predicted octanol–water partition coefficient (Wildman–Crippen LogP) is 1.86. The molecule has 0 aliphatic carbocycles. The number of hydrogen-bond acceptors (Lipinski definition) is 3. The first-order valence-electron chi connectivity index (χ1n) is 5.46. The quantitative estimate of drug-likeness (QED) is 0.697. The van der Waals surface area contributed by atoms with Crippen molar-refractivity contribution in [3.05, 3.63) is 0 Å². The second-order valence-corrected chi connectivity index (χ2v) is 5.17. The Labute approximate surface area is 95.4 Å². The van der Waals surface area contributed by atoms with Gasteiger partial charge in [0.05, 0.1) is 0 Å². The van der Waals surface area contributed by atoms with E-state index in [-0.39, 0.29) is 6.04 Å². The molecule has 0 aromatic rings. The number of amides is 1. The summed E-state index contributed by atoms with van der Waals surface area (Å²) >= 11 is 0. The van der Waals surface area contributed by atoms with E-state index in [4.69, 9.17) is 9.84 Å². The molecule has 0 saturated carbocycles. The van der Waals surface area contributed by atoms with Gasteiger partial charge >= 0.3 is 12.1 Å². The lowest BCUT2D eigenvalue weighted by molar-refractivity contribution is -0.160. The lowest BCUT2D eigenvalue weighted by atomic mass is 10.1. The van der Waals surface area contributed by atoms with Gasteiger partial charge in [-0.1, -0.05) is 0 Å². The van der Waals surface area contributed by atoms with Gasteiger partial charge in [-0.2, -0.15) is 0 Å². The van der Waals surface area contributed by atoms with Gasteiger partial charge in [0.1, 0.15) is 11.6 Å². The van der Waals surface area contributed by atoms with Crippen molar-refractivity contribution in [1.82, 2.24) is 4.90 Å². The molecule has 1 fully saturated rings. The van der Waals surface area contributed by atoms with E-state index in [0.29, 0.717) is 12.8 Å². The number of carbonyl (C=O) groups excluding carboxylic acids is 1. The van der Waals surface area contributed by atoms with E-state index in [2.05, 4.69) is 0 Å². The van der Waals surface area contributed by atoms with Gasteiger partial charge in [-0.3, -0.25) is 4.90 Å². The van der Waals surface area contributed by atoms with Gasteiger partial charge in [0, 0.05) is 6.04 Å². The van der Waals surface area contributed by atoms with E-state index in [1.807, 2.05) is 0 Å². The van der Waals surface area contributed by atoms with Crippen LogP contribution in [0.5, 0.6) is 0 Å². The number of hydrogen-bond donors (Lipinski definition) is 1. The SMILES string of the molecule is CC1CCC(C(=O)OC(C)(C)C)N1C(=O)O. The number of nitrogens with zero attached hydrogens (tertiary/aromatic N) is 1. The summed E-state index contributed by atoms with van der Waals surface area (Å²) in [5.41, 5.74) is -0.576. The maximum Gasteiger partial charge on any atom is 0.408 e. The Morgan fingerprint density at radius 3 is 2.31 bits per heavy atom. The summed E-state index contributed by atoms with van der Waals surface area (Å²) in [6.07, 6.45) is 0.194. The van der Waals surface area contributed by atoms with Crippen LogP contribution < -0.4 is 0 Å². The van der Waals surface area contributed by atoms with Gasteiger partial charge in [-0.25, -0.2) is 9.59 Å². The van der Waals surface area contributed by atoms with Crippen LogP contribution in [-0.4, -0.2) is 39.8 Å². The Morgan fingerprint density at radius 1 is 1.31 bits per heavy atom. The van der Waals surface area contributed by atoms with Crippen molar-refractivity contribution in [2.45, 2.75) is 58.2 Å². The minimum atomic E-state index is -1.05.